The van der Waals surface area contributed by atoms with Gasteiger partial charge in [0, 0.05) is 43.1 Å². The minimum absolute atomic E-state index is 0.0150. The van der Waals surface area contributed by atoms with Gasteiger partial charge in [-0.25, -0.2) is 4.68 Å². The van der Waals surface area contributed by atoms with Crippen LogP contribution in [0.4, 0.5) is 5.82 Å². The highest BCUT2D eigenvalue weighted by molar-refractivity contribution is 5.98. The summed E-state index contributed by atoms with van der Waals surface area (Å²) < 4.78 is 6.57. The summed E-state index contributed by atoms with van der Waals surface area (Å²) in [6, 6.07) is 10.8. The van der Waals surface area contributed by atoms with E-state index in [1.807, 2.05) is 24.3 Å². The molecule has 146 valence electrons. The first-order valence-electron chi connectivity index (χ1n) is 9.30. The van der Waals surface area contributed by atoms with Gasteiger partial charge in [0.05, 0.1) is 7.11 Å². The zero-order chi connectivity index (χ0) is 19.7. The number of nitrogens with one attached hydrogen (secondary N) is 2. The summed E-state index contributed by atoms with van der Waals surface area (Å²) in [5.41, 5.74) is 1.28. The first-order chi connectivity index (χ1) is 13.5. The molecule has 1 aliphatic heterocycles. The van der Waals surface area contributed by atoms with Gasteiger partial charge < -0.3 is 19.9 Å². The zero-order valence-electron chi connectivity index (χ0n) is 15.9. The summed E-state index contributed by atoms with van der Waals surface area (Å²) in [5.74, 6) is 1.38. The van der Waals surface area contributed by atoms with E-state index in [1.165, 1.54) is 10.7 Å². The van der Waals surface area contributed by atoms with Crippen molar-refractivity contribution in [2.75, 3.05) is 25.1 Å². The van der Waals surface area contributed by atoms with Crippen molar-refractivity contribution in [2.45, 2.75) is 18.9 Å². The number of benzene rings is 1. The largest absolute Gasteiger partial charge is 0.497 e. The van der Waals surface area contributed by atoms with Crippen molar-refractivity contribution >= 4 is 22.6 Å². The minimum Gasteiger partial charge on any atom is -0.497 e. The molecule has 8 nitrogen and oxygen atoms in total. The van der Waals surface area contributed by atoms with E-state index in [2.05, 4.69) is 20.3 Å². The first-order valence-corrected chi connectivity index (χ1v) is 9.30. The Morgan fingerprint density at radius 3 is 2.93 bits per heavy atom. The molecule has 3 heterocycles. The van der Waals surface area contributed by atoms with Gasteiger partial charge in [-0.1, -0.05) is 0 Å². The smallest absolute Gasteiger partial charge is 0.268 e. The number of nitrogens with zero attached hydrogens (tertiary/aromatic N) is 3. The number of aromatic amines is 1. The van der Waals surface area contributed by atoms with E-state index in [-0.39, 0.29) is 17.5 Å². The van der Waals surface area contributed by atoms with Gasteiger partial charge >= 0.3 is 0 Å². The number of H-pyrrole nitrogens is 1. The maximum atomic E-state index is 12.7. The Labute approximate surface area is 162 Å². The van der Waals surface area contributed by atoms with Crippen LogP contribution in [0.25, 0.3) is 10.9 Å². The molecule has 1 atom stereocenters. The quantitative estimate of drug-likeness (QED) is 0.717. The molecule has 28 heavy (non-hydrogen) atoms. The molecule has 1 fully saturated rings. The Morgan fingerprint density at radius 1 is 1.29 bits per heavy atom. The third-order valence-corrected chi connectivity index (χ3v) is 5.10. The second kappa shape index (κ2) is 7.38. The van der Waals surface area contributed by atoms with Crippen LogP contribution in [0.3, 0.4) is 0 Å². The average Bonchev–Trinajstić information content (AvgIpc) is 3.13. The summed E-state index contributed by atoms with van der Waals surface area (Å²) in [6.07, 6.45) is 1.85. The lowest BCUT2D eigenvalue weighted by molar-refractivity contribution is 0.0929. The van der Waals surface area contributed by atoms with Gasteiger partial charge in [-0.05, 0) is 43.2 Å². The normalized spacial score (nSPS) is 16.9. The monoisotopic (exact) mass is 381 g/mol. The van der Waals surface area contributed by atoms with Gasteiger partial charge in [0.1, 0.15) is 17.3 Å². The molecule has 1 saturated heterocycles. The number of methoxy groups -OCH3 is 1. The molecule has 3 aromatic rings. The van der Waals surface area contributed by atoms with E-state index < -0.39 is 0 Å². The van der Waals surface area contributed by atoms with E-state index in [0.29, 0.717) is 12.2 Å². The van der Waals surface area contributed by atoms with Crippen molar-refractivity contribution in [3.8, 4) is 5.75 Å². The SMILES string of the molecule is COc1ccc2[nH]c(C(=O)NC3CCCN(c4ccc(=O)n(C)n4)C3)cc2c1. The Balaban J connectivity index is 1.46. The van der Waals surface area contributed by atoms with Crippen LogP contribution < -0.4 is 20.5 Å². The van der Waals surface area contributed by atoms with Crippen LogP contribution in [-0.2, 0) is 7.05 Å². The summed E-state index contributed by atoms with van der Waals surface area (Å²) in [6.45, 7) is 1.51. The number of ether oxygens (including phenoxy) is 1. The van der Waals surface area contributed by atoms with Crippen molar-refractivity contribution in [3.63, 3.8) is 0 Å². The van der Waals surface area contributed by atoms with E-state index >= 15 is 0 Å². The molecule has 0 spiro atoms. The van der Waals surface area contributed by atoms with Crippen LogP contribution in [0.15, 0.2) is 41.2 Å². The molecule has 1 amide bonds. The van der Waals surface area contributed by atoms with E-state index in [0.717, 1.165) is 41.9 Å². The number of amides is 1. The van der Waals surface area contributed by atoms with Gasteiger partial charge in [0.15, 0.2) is 0 Å². The van der Waals surface area contributed by atoms with Crippen molar-refractivity contribution in [1.29, 1.82) is 0 Å². The van der Waals surface area contributed by atoms with Gasteiger partial charge in [-0.2, -0.15) is 5.10 Å². The zero-order valence-corrected chi connectivity index (χ0v) is 15.9. The Morgan fingerprint density at radius 2 is 2.14 bits per heavy atom. The molecule has 0 radical (unpaired) electrons. The van der Waals surface area contributed by atoms with E-state index in [9.17, 15) is 9.59 Å². The Kier molecular flexibility index (Phi) is 4.77. The molecule has 1 aliphatic rings. The number of aromatic nitrogens is 3. The molecule has 8 heteroatoms. The number of aryl methyl sites for hydroxylation is 1. The van der Waals surface area contributed by atoms with Crippen LogP contribution in [0, 0.1) is 0 Å². The number of hydrogen-bond donors (Lipinski definition) is 2. The Hall–Kier alpha value is -3.29. The lowest BCUT2D eigenvalue weighted by atomic mass is 10.1. The summed E-state index contributed by atoms with van der Waals surface area (Å²) >= 11 is 0. The van der Waals surface area contributed by atoms with Gasteiger partial charge in [0.25, 0.3) is 11.5 Å². The summed E-state index contributed by atoms with van der Waals surface area (Å²) in [7, 11) is 3.26. The fourth-order valence-corrected chi connectivity index (χ4v) is 3.58. The molecule has 4 rings (SSSR count). The van der Waals surface area contributed by atoms with Crippen LogP contribution >= 0.6 is 0 Å². The highest BCUT2D eigenvalue weighted by Gasteiger charge is 2.23. The third-order valence-electron chi connectivity index (χ3n) is 5.10. The molecule has 0 bridgehead atoms. The number of piperidine rings is 1. The van der Waals surface area contributed by atoms with Crippen molar-refractivity contribution in [1.82, 2.24) is 20.1 Å². The number of carbonyl (C=O) groups is 1. The standard InChI is InChI=1S/C20H23N5O3/c1-24-19(26)8-7-18(23-24)25-9-3-4-14(12-25)21-20(27)17-11-13-10-15(28-2)5-6-16(13)22-17/h5-8,10-11,14,22H,3-4,9,12H2,1-2H3,(H,21,27). The second-order valence-electron chi connectivity index (χ2n) is 7.05. The molecular weight excluding hydrogens is 358 g/mol. The van der Waals surface area contributed by atoms with E-state index in [4.69, 9.17) is 4.74 Å². The molecule has 0 aliphatic carbocycles. The second-order valence-corrected chi connectivity index (χ2v) is 7.05. The van der Waals surface area contributed by atoms with Crippen LogP contribution in [0.1, 0.15) is 23.3 Å². The molecule has 0 saturated carbocycles. The molecule has 1 aromatic carbocycles. The van der Waals surface area contributed by atoms with Gasteiger partial charge in [-0.15, -0.1) is 0 Å². The number of hydrogen-bond acceptors (Lipinski definition) is 5. The molecule has 2 N–H and O–H groups in total. The molecule has 2 aromatic heterocycles. The van der Waals surface area contributed by atoms with Crippen LogP contribution in [0.5, 0.6) is 5.75 Å². The number of carbonyl (C=O) groups excluding carboxylic acids is 1. The average molecular weight is 381 g/mol. The fourth-order valence-electron chi connectivity index (χ4n) is 3.58. The van der Waals surface area contributed by atoms with Gasteiger partial charge in [-0.3, -0.25) is 9.59 Å². The predicted molar refractivity (Wildman–Crippen MR) is 107 cm³/mol. The maximum Gasteiger partial charge on any atom is 0.268 e. The molecule has 1 unspecified atom stereocenters. The van der Waals surface area contributed by atoms with Crippen LogP contribution in [-0.4, -0.2) is 46.9 Å². The summed E-state index contributed by atoms with van der Waals surface area (Å²) in [4.78, 5) is 29.5. The highest BCUT2D eigenvalue weighted by atomic mass is 16.5. The van der Waals surface area contributed by atoms with Crippen molar-refractivity contribution < 1.29 is 9.53 Å². The molecular formula is C20H23N5O3. The highest BCUT2D eigenvalue weighted by Crippen LogP contribution is 2.22. The number of fused-ring (bicyclic) bond motifs is 1. The number of rotatable bonds is 4. The topological polar surface area (TPSA) is 92.3 Å². The van der Waals surface area contributed by atoms with Gasteiger partial charge in [0.2, 0.25) is 0 Å². The predicted octanol–water partition coefficient (Wildman–Crippen LogP) is 1.67. The first kappa shape index (κ1) is 18.1. The van der Waals surface area contributed by atoms with Crippen molar-refractivity contribution in [3.05, 3.63) is 52.4 Å². The third kappa shape index (κ3) is 3.58. The minimum atomic E-state index is -0.138. The van der Waals surface area contributed by atoms with Crippen molar-refractivity contribution in [2.24, 2.45) is 7.05 Å². The lowest BCUT2D eigenvalue weighted by Gasteiger charge is -2.33. The fraction of sp³-hybridized carbons (Fsp3) is 0.350. The Bertz CT molecular complexity index is 1070. The maximum absolute atomic E-state index is 12.7. The lowest BCUT2D eigenvalue weighted by Crippen LogP contribution is -2.48. The van der Waals surface area contributed by atoms with Crippen LogP contribution in [0.2, 0.25) is 0 Å². The van der Waals surface area contributed by atoms with E-state index in [1.54, 1.807) is 20.2 Å². The number of anilines is 1. The summed E-state index contributed by atoms with van der Waals surface area (Å²) in [5, 5.41) is 8.36.